The van der Waals surface area contributed by atoms with E-state index in [0.717, 1.165) is 6.54 Å². The van der Waals surface area contributed by atoms with Crippen molar-refractivity contribution in [3.05, 3.63) is 0 Å². The van der Waals surface area contributed by atoms with E-state index in [1.165, 1.54) is 19.3 Å². The summed E-state index contributed by atoms with van der Waals surface area (Å²) in [5.74, 6) is 0. The van der Waals surface area contributed by atoms with Gasteiger partial charge in [0.1, 0.15) is 0 Å². The van der Waals surface area contributed by atoms with E-state index < -0.39 is 0 Å². The molecule has 7 heavy (non-hydrogen) atoms. The maximum Gasteiger partial charge on any atom is 0.0217 e. The Kier molecular flexibility index (Phi) is 1.69. The Hall–Kier alpha value is -0.0400. The predicted octanol–water partition coefficient (Wildman–Crippen LogP) is 1.16. The van der Waals surface area contributed by atoms with Crippen LogP contribution in [0.25, 0.3) is 0 Å². The lowest BCUT2D eigenvalue weighted by molar-refractivity contribution is 0.416. The Bertz CT molecular complexity index is 46.1. The van der Waals surface area contributed by atoms with Gasteiger partial charge in [0, 0.05) is 12.6 Å². The minimum absolute atomic E-state index is 0.661. The molecule has 0 N–H and O–H groups in total. The lowest BCUT2D eigenvalue weighted by Gasteiger charge is -2.15. The van der Waals surface area contributed by atoms with Gasteiger partial charge < -0.3 is 0 Å². The lowest BCUT2D eigenvalue weighted by Crippen LogP contribution is -2.23. The molecule has 1 fully saturated rings. The van der Waals surface area contributed by atoms with Crippen molar-refractivity contribution in [3.63, 3.8) is 0 Å². The molecule has 0 aromatic heterocycles. The molecule has 1 nitrogen and oxygen atoms in total. The van der Waals surface area contributed by atoms with Gasteiger partial charge in [0.25, 0.3) is 0 Å². The molecule has 1 radical (unpaired) electrons. The molecule has 1 atom stereocenters. The first-order valence-electron chi connectivity index (χ1n) is 3.06. The smallest absolute Gasteiger partial charge is 0.0217 e. The second kappa shape index (κ2) is 2.31. The highest BCUT2D eigenvalue weighted by atomic mass is 14.9. The van der Waals surface area contributed by atoms with Crippen molar-refractivity contribution in [2.75, 3.05) is 6.54 Å². The Morgan fingerprint density at radius 2 is 2.29 bits per heavy atom. The zero-order valence-electron chi connectivity index (χ0n) is 4.85. The average molecular weight is 98.2 g/mol. The third-order valence-corrected chi connectivity index (χ3v) is 1.47. The van der Waals surface area contributed by atoms with Crippen LogP contribution >= 0.6 is 0 Å². The zero-order chi connectivity index (χ0) is 5.11. The summed E-state index contributed by atoms with van der Waals surface area (Å²) >= 11 is 0. The molecule has 1 rings (SSSR count). The molecule has 0 aromatic carbocycles. The predicted molar refractivity (Wildman–Crippen MR) is 30.3 cm³/mol. The summed E-state index contributed by atoms with van der Waals surface area (Å²) in [5, 5.41) is 4.33. The molecule has 0 unspecified atom stereocenters. The number of nitrogens with zero attached hydrogens (tertiary/aromatic N) is 1. The summed E-state index contributed by atoms with van der Waals surface area (Å²) in [6, 6.07) is 0.661. The summed E-state index contributed by atoms with van der Waals surface area (Å²) in [4.78, 5) is 0. The van der Waals surface area contributed by atoms with Crippen molar-refractivity contribution in [3.8, 4) is 0 Å². The normalized spacial score (nSPS) is 33.0. The van der Waals surface area contributed by atoms with Crippen molar-refractivity contribution in [2.45, 2.75) is 32.2 Å². The van der Waals surface area contributed by atoms with Gasteiger partial charge in [-0.15, -0.1) is 0 Å². The maximum atomic E-state index is 4.33. The second-order valence-electron chi connectivity index (χ2n) is 2.25. The van der Waals surface area contributed by atoms with Crippen LogP contribution in [0.1, 0.15) is 26.2 Å². The van der Waals surface area contributed by atoms with Crippen LogP contribution in [-0.2, 0) is 0 Å². The van der Waals surface area contributed by atoms with E-state index in [1.54, 1.807) is 0 Å². The van der Waals surface area contributed by atoms with Crippen LogP contribution < -0.4 is 5.32 Å². The third kappa shape index (κ3) is 1.48. The Balaban J connectivity index is 2.12. The highest BCUT2D eigenvalue weighted by Gasteiger charge is 2.06. The van der Waals surface area contributed by atoms with E-state index in [4.69, 9.17) is 0 Å². The largest absolute Gasteiger partial charge is 0.239 e. The van der Waals surface area contributed by atoms with Gasteiger partial charge in [-0.2, -0.15) is 0 Å². The van der Waals surface area contributed by atoms with E-state index in [9.17, 15) is 0 Å². The van der Waals surface area contributed by atoms with E-state index in [0.29, 0.717) is 6.04 Å². The Labute approximate surface area is 45.1 Å². The summed E-state index contributed by atoms with van der Waals surface area (Å²) in [7, 11) is 0. The van der Waals surface area contributed by atoms with Gasteiger partial charge in [-0.25, -0.2) is 5.32 Å². The highest BCUT2D eigenvalue weighted by molar-refractivity contribution is 4.65. The fourth-order valence-corrected chi connectivity index (χ4v) is 0.955. The number of rotatable bonds is 0. The topological polar surface area (TPSA) is 14.1 Å². The molecule has 0 aliphatic carbocycles. The fraction of sp³-hybridized carbons (Fsp3) is 1.00. The first-order valence-corrected chi connectivity index (χ1v) is 3.06. The Morgan fingerprint density at radius 1 is 1.43 bits per heavy atom. The molecule has 1 aliphatic rings. The molecule has 0 saturated carbocycles. The van der Waals surface area contributed by atoms with Gasteiger partial charge in [-0.05, 0) is 19.8 Å². The SMILES string of the molecule is C[C@H]1CCCC[N]1. The van der Waals surface area contributed by atoms with Crippen LogP contribution in [0.15, 0.2) is 0 Å². The molecule has 0 aromatic rings. The minimum atomic E-state index is 0.661. The van der Waals surface area contributed by atoms with Gasteiger partial charge >= 0.3 is 0 Å². The van der Waals surface area contributed by atoms with Crippen molar-refractivity contribution in [2.24, 2.45) is 0 Å². The summed E-state index contributed by atoms with van der Waals surface area (Å²) in [5.41, 5.74) is 0. The number of hydrogen-bond donors (Lipinski definition) is 0. The standard InChI is InChI=1S/C6H12N/c1-6-4-2-3-5-7-6/h6H,2-5H2,1H3/t6-/m0/s1. The van der Waals surface area contributed by atoms with Gasteiger partial charge in [0.2, 0.25) is 0 Å². The number of piperidine rings is 1. The second-order valence-corrected chi connectivity index (χ2v) is 2.25. The highest BCUT2D eigenvalue weighted by Crippen LogP contribution is 2.06. The van der Waals surface area contributed by atoms with Crippen LogP contribution in [0.4, 0.5) is 0 Å². The average Bonchev–Trinajstić information content (AvgIpc) is 1.69. The first-order chi connectivity index (χ1) is 3.39. The monoisotopic (exact) mass is 98.1 g/mol. The Morgan fingerprint density at radius 3 is 2.57 bits per heavy atom. The van der Waals surface area contributed by atoms with Crippen LogP contribution in [0, 0.1) is 0 Å². The zero-order valence-corrected chi connectivity index (χ0v) is 4.85. The van der Waals surface area contributed by atoms with Gasteiger partial charge in [-0.1, -0.05) is 6.42 Å². The van der Waals surface area contributed by atoms with Gasteiger partial charge in [-0.3, -0.25) is 0 Å². The molecule has 41 valence electrons. The van der Waals surface area contributed by atoms with Crippen molar-refractivity contribution in [1.29, 1.82) is 0 Å². The molecular weight excluding hydrogens is 86.1 g/mol. The summed E-state index contributed by atoms with van der Waals surface area (Å²) in [6.45, 7) is 3.31. The van der Waals surface area contributed by atoms with Crippen molar-refractivity contribution in [1.82, 2.24) is 5.32 Å². The van der Waals surface area contributed by atoms with Crippen LogP contribution in [0.3, 0.4) is 0 Å². The van der Waals surface area contributed by atoms with E-state index in [2.05, 4.69) is 12.2 Å². The lowest BCUT2D eigenvalue weighted by atomic mass is 10.1. The van der Waals surface area contributed by atoms with Gasteiger partial charge in [0.05, 0.1) is 0 Å². The number of hydrogen-bond acceptors (Lipinski definition) is 0. The quantitative estimate of drug-likeness (QED) is 0.431. The van der Waals surface area contributed by atoms with Crippen LogP contribution in [0.2, 0.25) is 0 Å². The van der Waals surface area contributed by atoms with Crippen LogP contribution in [0.5, 0.6) is 0 Å². The van der Waals surface area contributed by atoms with Crippen molar-refractivity contribution < 1.29 is 0 Å². The minimum Gasteiger partial charge on any atom is -0.239 e. The summed E-state index contributed by atoms with van der Waals surface area (Å²) in [6.07, 6.45) is 4.04. The maximum absolute atomic E-state index is 4.33. The molecule has 0 spiro atoms. The van der Waals surface area contributed by atoms with E-state index in [-0.39, 0.29) is 0 Å². The molecular formula is C6H12N. The molecule has 1 heteroatoms. The van der Waals surface area contributed by atoms with Crippen LogP contribution in [-0.4, -0.2) is 12.6 Å². The summed E-state index contributed by atoms with van der Waals surface area (Å²) < 4.78 is 0. The first kappa shape index (κ1) is 5.10. The molecule has 0 bridgehead atoms. The molecule has 0 amide bonds. The third-order valence-electron chi connectivity index (χ3n) is 1.47. The van der Waals surface area contributed by atoms with Gasteiger partial charge in [0.15, 0.2) is 0 Å². The fourth-order valence-electron chi connectivity index (χ4n) is 0.955. The van der Waals surface area contributed by atoms with E-state index in [1.807, 2.05) is 0 Å². The van der Waals surface area contributed by atoms with Crippen molar-refractivity contribution >= 4 is 0 Å². The van der Waals surface area contributed by atoms with E-state index >= 15 is 0 Å². The molecule has 1 saturated heterocycles. The molecule has 1 heterocycles. The molecule has 1 aliphatic heterocycles.